The number of nitrogens with zero attached hydrogens (tertiary/aromatic N) is 2. The molecule has 3 nitrogen and oxygen atoms in total. The van der Waals surface area contributed by atoms with Crippen molar-refractivity contribution >= 4 is 15.9 Å². The highest BCUT2D eigenvalue weighted by atomic mass is 79.9. The summed E-state index contributed by atoms with van der Waals surface area (Å²) in [4.78, 5) is 3.93. The van der Waals surface area contributed by atoms with Crippen LogP contribution in [0, 0.1) is 0 Å². The Labute approximate surface area is 116 Å². The second-order valence-electron chi connectivity index (χ2n) is 4.14. The van der Waals surface area contributed by atoms with Gasteiger partial charge in [0.1, 0.15) is 0 Å². The second-order valence-corrected chi connectivity index (χ2v) is 5.00. The van der Waals surface area contributed by atoms with Gasteiger partial charge in [-0.05, 0) is 41.1 Å². The zero-order chi connectivity index (χ0) is 14.2. The van der Waals surface area contributed by atoms with Gasteiger partial charge in [-0.25, -0.2) is 4.98 Å². The van der Waals surface area contributed by atoms with Crippen molar-refractivity contribution in [2.75, 3.05) is 0 Å². The van der Waals surface area contributed by atoms with Crippen molar-refractivity contribution in [3.63, 3.8) is 0 Å². The van der Waals surface area contributed by atoms with Crippen LogP contribution in [-0.4, -0.2) is 9.55 Å². The highest BCUT2D eigenvalue weighted by molar-refractivity contribution is 9.10. The molecule has 1 heterocycles. The molecule has 0 fully saturated rings. The van der Waals surface area contributed by atoms with Crippen LogP contribution in [0.2, 0.25) is 0 Å². The maximum Gasteiger partial charge on any atom is 0.416 e. The molecule has 2 aromatic rings. The summed E-state index contributed by atoms with van der Waals surface area (Å²) in [7, 11) is 0. The number of nitrogens with two attached hydrogens (primary N) is 1. The van der Waals surface area contributed by atoms with Crippen LogP contribution in [0.5, 0.6) is 0 Å². The van der Waals surface area contributed by atoms with Crippen LogP contribution < -0.4 is 5.73 Å². The number of hydrogen-bond donors (Lipinski definition) is 1. The molecule has 0 saturated carbocycles. The first-order valence-electron chi connectivity index (χ1n) is 5.45. The number of alkyl halides is 3. The lowest BCUT2D eigenvalue weighted by molar-refractivity contribution is -0.137. The summed E-state index contributed by atoms with van der Waals surface area (Å²) >= 11 is 3.25. The third-order valence-corrected chi connectivity index (χ3v) is 3.34. The van der Waals surface area contributed by atoms with Gasteiger partial charge in [0.2, 0.25) is 0 Å². The first-order chi connectivity index (χ1) is 8.80. The van der Waals surface area contributed by atoms with E-state index in [1.54, 1.807) is 11.5 Å². The van der Waals surface area contributed by atoms with Crippen LogP contribution in [0.15, 0.2) is 35.2 Å². The quantitative estimate of drug-likeness (QED) is 0.911. The Morgan fingerprint density at radius 2 is 2.05 bits per heavy atom. The molecule has 0 unspecified atom stereocenters. The van der Waals surface area contributed by atoms with E-state index in [0.717, 1.165) is 12.1 Å². The maximum absolute atomic E-state index is 12.7. The normalized spacial score (nSPS) is 13.6. The summed E-state index contributed by atoms with van der Waals surface area (Å²) in [6, 6.07) is 3.13. The van der Waals surface area contributed by atoms with E-state index in [2.05, 4.69) is 20.9 Å². The monoisotopic (exact) mass is 333 g/mol. The fraction of sp³-hybridized carbons (Fsp3) is 0.250. The van der Waals surface area contributed by atoms with Gasteiger partial charge < -0.3 is 10.3 Å². The molecule has 0 amide bonds. The van der Waals surface area contributed by atoms with E-state index < -0.39 is 11.7 Å². The molecule has 0 aliphatic carbocycles. The van der Waals surface area contributed by atoms with E-state index in [1.807, 2.05) is 0 Å². The highest BCUT2D eigenvalue weighted by Crippen LogP contribution is 2.33. The number of benzene rings is 1. The number of hydrogen-bond acceptors (Lipinski definition) is 2. The molecular weight excluding hydrogens is 323 g/mol. The fourth-order valence-electron chi connectivity index (χ4n) is 1.72. The van der Waals surface area contributed by atoms with Gasteiger partial charge in [-0.2, -0.15) is 13.2 Å². The van der Waals surface area contributed by atoms with Gasteiger partial charge in [0.15, 0.2) is 0 Å². The van der Waals surface area contributed by atoms with E-state index >= 15 is 0 Å². The Hall–Kier alpha value is -1.34. The number of halogens is 4. The predicted octanol–water partition coefficient (Wildman–Crippen LogP) is 3.67. The summed E-state index contributed by atoms with van der Waals surface area (Å²) in [5.41, 5.74) is 6.06. The number of aromatic nitrogens is 2. The molecule has 0 spiro atoms. The topological polar surface area (TPSA) is 43.8 Å². The molecule has 1 atom stereocenters. The summed E-state index contributed by atoms with van der Waals surface area (Å²) in [5, 5.41) is 0. The van der Waals surface area contributed by atoms with E-state index in [1.165, 1.54) is 18.6 Å². The summed E-state index contributed by atoms with van der Waals surface area (Å²) in [5.74, 6) is 0. The third kappa shape index (κ3) is 2.82. The Morgan fingerprint density at radius 3 is 2.63 bits per heavy atom. The standard InChI is InChI=1S/C12H11BrF3N3/c1-7(17)11-5-18-6-19(11)10-4-8(12(14,15)16)2-3-9(10)13/h2-7H,17H2,1H3/t7-/m1/s1. The first-order valence-corrected chi connectivity index (χ1v) is 6.25. The van der Waals surface area contributed by atoms with Crippen molar-refractivity contribution in [1.29, 1.82) is 0 Å². The van der Waals surface area contributed by atoms with E-state index in [-0.39, 0.29) is 6.04 Å². The van der Waals surface area contributed by atoms with Crippen LogP contribution in [0.3, 0.4) is 0 Å². The molecule has 0 aliphatic heterocycles. The molecule has 0 saturated heterocycles. The van der Waals surface area contributed by atoms with E-state index in [9.17, 15) is 13.2 Å². The Bertz CT molecular complexity index is 590. The van der Waals surface area contributed by atoms with E-state index in [4.69, 9.17) is 5.73 Å². The Kier molecular flexibility index (Phi) is 3.69. The minimum atomic E-state index is -4.38. The SMILES string of the molecule is C[C@@H](N)c1cncn1-c1cc(C(F)(F)F)ccc1Br. The van der Waals surface area contributed by atoms with Crippen molar-refractivity contribution in [1.82, 2.24) is 9.55 Å². The Morgan fingerprint density at radius 1 is 1.37 bits per heavy atom. The molecule has 0 bridgehead atoms. The lowest BCUT2D eigenvalue weighted by Crippen LogP contribution is -2.12. The predicted molar refractivity (Wildman–Crippen MR) is 68.9 cm³/mol. The van der Waals surface area contributed by atoms with Crippen molar-refractivity contribution < 1.29 is 13.2 Å². The highest BCUT2D eigenvalue weighted by Gasteiger charge is 2.31. The van der Waals surface area contributed by atoms with Gasteiger partial charge in [0, 0.05) is 10.5 Å². The van der Waals surface area contributed by atoms with Gasteiger partial charge in [-0.15, -0.1) is 0 Å². The summed E-state index contributed by atoms with van der Waals surface area (Å²) < 4.78 is 40.3. The lowest BCUT2D eigenvalue weighted by Gasteiger charge is -2.15. The zero-order valence-corrected chi connectivity index (χ0v) is 11.5. The minimum absolute atomic E-state index is 0.330. The Balaban J connectivity index is 2.58. The molecule has 0 aliphatic rings. The van der Waals surface area contributed by atoms with Gasteiger partial charge in [0.25, 0.3) is 0 Å². The number of rotatable bonds is 2. The first kappa shape index (κ1) is 14.1. The van der Waals surface area contributed by atoms with Gasteiger partial charge in [0.05, 0.1) is 29.5 Å². The zero-order valence-electron chi connectivity index (χ0n) is 9.95. The molecular formula is C12H11BrF3N3. The molecule has 102 valence electrons. The summed E-state index contributed by atoms with van der Waals surface area (Å²) in [6.45, 7) is 1.75. The molecule has 19 heavy (non-hydrogen) atoms. The van der Waals surface area contributed by atoms with Crippen LogP contribution >= 0.6 is 15.9 Å². The van der Waals surface area contributed by atoms with Gasteiger partial charge >= 0.3 is 6.18 Å². The maximum atomic E-state index is 12.7. The second kappa shape index (κ2) is 4.97. The average Bonchev–Trinajstić information content (AvgIpc) is 2.76. The van der Waals surface area contributed by atoms with Crippen molar-refractivity contribution in [2.24, 2.45) is 5.73 Å². The lowest BCUT2D eigenvalue weighted by atomic mass is 10.2. The van der Waals surface area contributed by atoms with Crippen molar-refractivity contribution in [3.05, 3.63) is 46.5 Å². The molecule has 1 aromatic carbocycles. The average molecular weight is 334 g/mol. The minimum Gasteiger partial charge on any atom is -0.323 e. The van der Waals surface area contributed by atoms with Crippen LogP contribution in [0.1, 0.15) is 24.2 Å². The third-order valence-electron chi connectivity index (χ3n) is 2.67. The largest absolute Gasteiger partial charge is 0.416 e. The van der Waals surface area contributed by atoms with Crippen LogP contribution in [0.4, 0.5) is 13.2 Å². The molecule has 2 rings (SSSR count). The van der Waals surface area contributed by atoms with Crippen LogP contribution in [0.25, 0.3) is 5.69 Å². The molecule has 2 N–H and O–H groups in total. The van der Waals surface area contributed by atoms with Gasteiger partial charge in [-0.3, -0.25) is 0 Å². The smallest absolute Gasteiger partial charge is 0.323 e. The van der Waals surface area contributed by atoms with Crippen molar-refractivity contribution in [2.45, 2.75) is 19.1 Å². The number of imidazole rings is 1. The molecule has 7 heteroatoms. The van der Waals surface area contributed by atoms with Gasteiger partial charge in [-0.1, -0.05) is 0 Å². The molecule has 0 radical (unpaired) electrons. The van der Waals surface area contributed by atoms with E-state index in [0.29, 0.717) is 15.9 Å². The molecule has 1 aromatic heterocycles. The van der Waals surface area contributed by atoms with Crippen LogP contribution in [-0.2, 0) is 6.18 Å². The summed E-state index contributed by atoms with van der Waals surface area (Å²) in [6.07, 6.45) is -1.40. The fourth-order valence-corrected chi connectivity index (χ4v) is 2.15. The van der Waals surface area contributed by atoms with Crippen molar-refractivity contribution in [3.8, 4) is 5.69 Å².